The van der Waals surface area contributed by atoms with Crippen LogP contribution in [-0.2, 0) is 4.79 Å². The van der Waals surface area contributed by atoms with Gasteiger partial charge in [-0.2, -0.15) is 5.10 Å². The highest BCUT2D eigenvalue weighted by atomic mass is 16.2. The largest absolute Gasteiger partial charge is 0.348 e. The first-order chi connectivity index (χ1) is 7.77. The molecule has 0 spiro atoms. The maximum Gasteiger partial charge on any atom is 0.224 e. The Kier molecular flexibility index (Phi) is 3.56. The minimum absolute atomic E-state index is 0.00285. The Balaban J connectivity index is 1.86. The van der Waals surface area contributed by atoms with Crippen molar-refractivity contribution in [1.82, 2.24) is 20.8 Å². The minimum Gasteiger partial charge on any atom is -0.348 e. The number of hydrogen-bond donors (Lipinski definition) is 3. The maximum atomic E-state index is 11.9. The van der Waals surface area contributed by atoms with Crippen molar-refractivity contribution in [3.8, 4) is 0 Å². The number of piperidine rings is 1. The fourth-order valence-corrected chi connectivity index (χ4v) is 1.99. The third kappa shape index (κ3) is 2.61. The van der Waals surface area contributed by atoms with Gasteiger partial charge in [-0.05, 0) is 32.4 Å². The van der Waals surface area contributed by atoms with Gasteiger partial charge in [-0.1, -0.05) is 0 Å². The number of aromatic amines is 1. The predicted octanol–water partition coefficient (Wildman–Crippen LogP) is 0.586. The van der Waals surface area contributed by atoms with Crippen LogP contribution in [0.25, 0.3) is 0 Å². The van der Waals surface area contributed by atoms with Crippen molar-refractivity contribution >= 4 is 5.91 Å². The van der Waals surface area contributed by atoms with Crippen LogP contribution in [-0.4, -0.2) is 29.2 Å². The number of rotatable bonds is 3. The lowest BCUT2D eigenvalue weighted by molar-refractivity contribution is -0.126. The van der Waals surface area contributed by atoms with Gasteiger partial charge in [-0.25, -0.2) is 0 Å². The molecule has 88 valence electrons. The van der Waals surface area contributed by atoms with Crippen LogP contribution in [0.1, 0.15) is 31.5 Å². The number of hydrogen-bond acceptors (Lipinski definition) is 3. The molecule has 5 heteroatoms. The standard InChI is InChI=1S/C11H18N4O/c1-8(10-4-6-13-15-10)14-11(16)9-3-2-5-12-7-9/h4,6,8-9,12H,2-3,5,7H2,1H3,(H,13,15)(H,14,16)/t8-,9?/m1/s1. The molecule has 1 unspecified atom stereocenters. The zero-order valence-corrected chi connectivity index (χ0v) is 9.49. The van der Waals surface area contributed by atoms with E-state index >= 15 is 0 Å². The minimum atomic E-state index is -0.00285. The molecule has 2 atom stereocenters. The van der Waals surface area contributed by atoms with Crippen LogP contribution in [0.3, 0.4) is 0 Å². The number of H-pyrrole nitrogens is 1. The lowest BCUT2D eigenvalue weighted by atomic mass is 9.98. The van der Waals surface area contributed by atoms with Crippen molar-refractivity contribution in [2.45, 2.75) is 25.8 Å². The van der Waals surface area contributed by atoms with Crippen LogP contribution < -0.4 is 10.6 Å². The predicted molar refractivity (Wildman–Crippen MR) is 60.7 cm³/mol. The number of amides is 1. The van der Waals surface area contributed by atoms with Gasteiger partial charge in [0.2, 0.25) is 5.91 Å². The second kappa shape index (κ2) is 5.12. The number of carbonyl (C=O) groups excluding carboxylic acids is 1. The molecule has 1 aromatic heterocycles. The van der Waals surface area contributed by atoms with Crippen molar-refractivity contribution in [2.75, 3.05) is 13.1 Å². The fourth-order valence-electron chi connectivity index (χ4n) is 1.99. The lowest BCUT2D eigenvalue weighted by Gasteiger charge is -2.23. The molecule has 2 rings (SSSR count). The Hall–Kier alpha value is -1.36. The quantitative estimate of drug-likeness (QED) is 0.701. The summed E-state index contributed by atoms with van der Waals surface area (Å²) in [7, 11) is 0. The van der Waals surface area contributed by atoms with Crippen LogP contribution in [0.5, 0.6) is 0 Å². The van der Waals surface area contributed by atoms with E-state index in [4.69, 9.17) is 0 Å². The van der Waals surface area contributed by atoms with Crippen LogP contribution in [0.15, 0.2) is 12.3 Å². The monoisotopic (exact) mass is 222 g/mol. The number of carbonyl (C=O) groups is 1. The topological polar surface area (TPSA) is 69.8 Å². The smallest absolute Gasteiger partial charge is 0.224 e. The van der Waals surface area contributed by atoms with E-state index in [0.29, 0.717) is 0 Å². The van der Waals surface area contributed by atoms with Gasteiger partial charge in [0.05, 0.1) is 17.7 Å². The van der Waals surface area contributed by atoms with Gasteiger partial charge in [0.1, 0.15) is 0 Å². The second-order valence-corrected chi connectivity index (χ2v) is 4.29. The molecule has 2 heterocycles. The Bertz CT molecular complexity index is 330. The first kappa shape index (κ1) is 11.1. The molecule has 0 aromatic carbocycles. The SMILES string of the molecule is C[C@@H](NC(=O)C1CCCNC1)c1ccn[nH]1. The summed E-state index contributed by atoms with van der Waals surface area (Å²) >= 11 is 0. The third-order valence-corrected chi connectivity index (χ3v) is 3.02. The molecular formula is C11H18N4O. The molecule has 1 aliphatic rings. The molecule has 1 aromatic rings. The molecular weight excluding hydrogens is 204 g/mol. The van der Waals surface area contributed by atoms with E-state index in [9.17, 15) is 4.79 Å². The first-order valence-electron chi connectivity index (χ1n) is 5.77. The Morgan fingerprint density at radius 2 is 2.56 bits per heavy atom. The second-order valence-electron chi connectivity index (χ2n) is 4.29. The van der Waals surface area contributed by atoms with Crippen molar-refractivity contribution in [2.24, 2.45) is 5.92 Å². The molecule has 16 heavy (non-hydrogen) atoms. The molecule has 1 aliphatic heterocycles. The summed E-state index contributed by atoms with van der Waals surface area (Å²) in [6.07, 6.45) is 3.76. The molecule has 0 saturated carbocycles. The molecule has 0 radical (unpaired) electrons. The van der Waals surface area contributed by atoms with Gasteiger partial charge in [-0.15, -0.1) is 0 Å². The molecule has 1 saturated heterocycles. The van der Waals surface area contributed by atoms with Gasteiger partial charge in [0.15, 0.2) is 0 Å². The van der Waals surface area contributed by atoms with Crippen molar-refractivity contribution in [1.29, 1.82) is 0 Å². The zero-order chi connectivity index (χ0) is 11.4. The summed E-state index contributed by atoms with van der Waals surface area (Å²) < 4.78 is 0. The first-order valence-corrected chi connectivity index (χ1v) is 5.77. The van der Waals surface area contributed by atoms with Crippen LogP contribution in [0, 0.1) is 5.92 Å². The molecule has 0 aliphatic carbocycles. The maximum absolute atomic E-state index is 11.9. The van der Waals surface area contributed by atoms with Gasteiger partial charge in [-0.3, -0.25) is 9.89 Å². The molecule has 0 bridgehead atoms. The summed E-state index contributed by atoms with van der Waals surface area (Å²) in [5.74, 6) is 0.244. The Morgan fingerprint density at radius 1 is 1.69 bits per heavy atom. The van der Waals surface area contributed by atoms with Crippen molar-refractivity contribution in [3.63, 3.8) is 0 Å². The van der Waals surface area contributed by atoms with E-state index in [2.05, 4.69) is 20.8 Å². The third-order valence-electron chi connectivity index (χ3n) is 3.02. The number of aromatic nitrogens is 2. The highest BCUT2D eigenvalue weighted by molar-refractivity contribution is 5.79. The number of nitrogens with zero attached hydrogens (tertiary/aromatic N) is 1. The van der Waals surface area contributed by atoms with Gasteiger partial charge in [0, 0.05) is 12.7 Å². The van der Waals surface area contributed by atoms with Crippen LogP contribution in [0.2, 0.25) is 0 Å². The normalized spacial score (nSPS) is 22.7. The highest BCUT2D eigenvalue weighted by Crippen LogP contribution is 2.13. The van der Waals surface area contributed by atoms with Crippen molar-refractivity contribution < 1.29 is 4.79 Å². The van der Waals surface area contributed by atoms with E-state index in [1.807, 2.05) is 13.0 Å². The van der Waals surface area contributed by atoms with Crippen molar-refractivity contribution in [3.05, 3.63) is 18.0 Å². The average molecular weight is 222 g/mol. The van der Waals surface area contributed by atoms with E-state index in [0.717, 1.165) is 31.6 Å². The van der Waals surface area contributed by atoms with E-state index in [-0.39, 0.29) is 17.9 Å². The fraction of sp³-hybridized carbons (Fsp3) is 0.636. The van der Waals surface area contributed by atoms with Gasteiger partial charge in [0.25, 0.3) is 0 Å². The molecule has 1 fully saturated rings. The molecule has 5 nitrogen and oxygen atoms in total. The van der Waals surface area contributed by atoms with E-state index in [1.54, 1.807) is 6.20 Å². The summed E-state index contributed by atoms with van der Waals surface area (Å²) in [5.41, 5.74) is 0.942. The molecule has 1 amide bonds. The summed E-state index contributed by atoms with van der Waals surface area (Å²) in [6.45, 7) is 3.78. The highest BCUT2D eigenvalue weighted by Gasteiger charge is 2.22. The number of nitrogens with one attached hydrogen (secondary N) is 3. The van der Waals surface area contributed by atoms with Crippen LogP contribution in [0.4, 0.5) is 0 Å². The lowest BCUT2D eigenvalue weighted by Crippen LogP contribution is -2.41. The Morgan fingerprint density at radius 3 is 3.19 bits per heavy atom. The summed E-state index contributed by atoms with van der Waals surface area (Å²) in [5, 5.41) is 13.0. The molecule has 3 N–H and O–H groups in total. The van der Waals surface area contributed by atoms with E-state index in [1.165, 1.54) is 0 Å². The summed E-state index contributed by atoms with van der Waals surface area (Å²) in [6, 6.07) is 1.88. The van der Waals surface area contributed by atoms with Gasteiger partial charge >= 0.3 is 0 Å². The van der Waals surface area contributed by atoms with E-state index < -0.39 is 0 Å². The average Bonchev–Trinajstić information content (AvgIpc) is 2.83. The van der Waals surface area contributed by atoms with Gasteiger partial charge < -0.3 is 10.6 Å². The summed E-state index contributed by atoms with van der Waals surface area (Å²) in [4.78, 5) is 11.9. The van der Waals surface area contributed by atoms with Crippen LogP contribution >= 0.6 is 0 Å². The zero-order valence-electron chi connectivity index (χ0n) is 9.49. The Labute approximate surface area is 95.0 Å².